The van der Waals surface area contributed by atoms with Crippen LogP contribution in [0, 0.1) is 13.8 Å². The van der Waals surface area contributed by atoms with Gasteiger partial charge in [0.1, 0.15) is 5.75 Å². The molecular weight excluding hydrogens is 406 g/mol. The van der Waals surface area contributed by atoms with E-state index in [2.05, 4.69) is 35.4 Å². The average molecular weight is 434 g/mol. The standard InChI is InChI=1S/C25H27N3O4/c1-18-5-7-22(15-19(18)2)31-13-4-14-32-23-8-6-20(16-24(23)30-3)17-27-28-25(29)21-9-11-26-12-10-21/h5-12,15-17H,4,13-14H2,1-3H3,(H,28,29). The molecule has 0 aliphatic rings. The van der Waals surface area contributed by atoms with Gasteiger partial charge in [-0.1, -0.05) is 6.07 Å². The Balaban J connectivity index is 1.47. The van der Waals surface area contributed by atoms with Crippen molar-refractivity contribution in [2.45, 2.75) is 20.3 Å². The first-order valence-electron chi connectivity index (χ1n) is 10.3. The molecule has 166 valence electrons. The van der Waals surface area contributed by atoms with E-state index in [0.29, 0.717) is 30.3 Å². The van der Waals surface area contributed by atoms with Crippen LogP contribution in [0.3, 0.4) is 0 Å². The molecule has 0 saturated carbocycles. The second-order valence-corrected chi connectivity index (χ2v) is 7.14. The predicted molar refractivity (Wildman–Crippen MR) is 124 cm³/mol. The number of benzene rings is 2. The molecule has 0 bridgehead atoms. The highest BCUT2D eigenvalue weighted by Gasteiger charge is 2.06. The molecule has 1 amide bonds. The highest BCUT2D eigenvalue weighted by atomic mass is 16.5. The van der Waals surface area contributed by atoms with E-state index in [9.17, 15) is 4.79 Å². The number of nitrogens with one attached hydrogen (secondary N) is 1. The van der Waals surface area contributed by atoms with Crippen LogP contribution in [-0.4, -0.2) is 37.4 Å². The van der Waals surface area contributed by atoms with Crippen molar-refractivity contribution in [3.8, 4) is 17.2 Å². The number of aromatic nitrogens is 1. The first-order valence-corrected chi connectivity index (χ1v) is 10.3. The predicted octanol–water partition coefficient (Wildman–Crippen LogP) is 4.32. The van der Waals surface area contributed by atoms with Gasteiger partial charge < -0.3 is 14.2 Å². The van der Waals surface area contributed by atoms with Crippen LogP contribution in [0.5, 0.6) is 17.2 Å². The molecule has 7 heteroatoms. The van der Waals surface area contributed by atoms with Gasteiger partial charge >= 0.3 is 0 Å². The van der Waals surface area contributed by atoms with E-state index in [1.165, 1.54) is 11.1 Å². The Hall–Kier alpha value is -3.87. The summed E-state index contributed by atoms with van der Waals surface area (Å²) >= 11 is 0. The van der Waals surface area contributed by atoms with Crippen molar-refractivity contribution in [1.29, 1.82) is 0 Å². The number of amides is 1. The van der Waals surface area contributed by atoms with Crippen LogP contribution in [0.4, 0.5) is 0 Å². The van der Waals surface area contributed by atoms with Gasteiger partial charge in [-0.3, -0.25) is 9.78 Å². The summed E-state index contributed by atoms with van der Waals surface area (Å²) in [5.74, 6) is 1.78. The molecule has 7 nitrogen and oxygen atoms in total. The monoisotopic (exact) mass is 433 g/mol. The van der Waals surface area contributed by atoms with Crippen molar-refractivity contribution in [2.75, 3.05) is 20.3 Å². The summed E-state index contributed by atoms with van der Waals surface area (Å²) < 4.78 is 17.0. The maximum atomic E-state index is 12.0. The number of ether oxygens (including phenoxy) is 3. The van der Waals surface area contributed by atoms with Crippen LogP contribution in [0.1, 0.15) is 33.5 Å². The third-order valence-corrected chi connectivity index (χ3v) is 4.80. The minimum atomic E-state index is -0.307. The third-order valence-electron chi connectivity index (χ3n) is 4.80. The van der Waals surface area contributed by atoms with Gasteiger partial charge in [0, 0.05) is 24.4 Å². The van der Waals surface area contributed by atoms with Crippen LogP contribution >= 0.6 is 0 Å². The van der Waals surface area contributed by atoms with Crippen molar-refractivity contribution in [1.82, 2.24) is 10.4 Å². The Bertz CT molecular complexity index is 1070. The second-order valence-electron chi connectivity index (χ2n) is 7.14. The highest BCUT2D eigenvalue weighted by molar-refractivity contribution is 5.94. The van der Waals surface area contributed by atoms with E-state index < -0.39 is 0 Å². The van der Waals surface area contributed by atoms with Crippen LogP contribution in [0.25, 0.3) is 0 Å². The molecule has 0 unspecified atom stereocenters. The first kappa shape index (κ1) is 22.8. The Morgan fingerprint density at radius 3 is 2.50 bits per heavy atom. The zero-order valence-electron chi connectivity index (χ0n) is 18.5. The van der Waals surface area contributed by atoms with Gasteiger partial charge in [-0.2, -0.15) is 5.10 Å². The molecule has 32 heavy (non-hydrogen) atoms. The minimum Gasteiger partial charge on any atom is -0.493 e. The molecule has 0 radical (unpaired) electrons. The lowest BCUT2D eigenvalue weighted by Gasteiger charge is -2.12. The van der Waals surface area contributed by atoms with Crippen molar-refractivity contribution in [2.24, 2.45) is 5.10 Å². The van der Waals surface area contributed by atoms with E-state index in [4.69, 9.17) is 14.2 Å². The summed E-state index contributed by atoms with van der Waals surface area (Å²) in [5, 5.41) is 3.99. The number of hydrogen-bond donors (Lipinski definition) is 1. The third kappa shape index (κ3) is 6.57. The normalized spacial score (nSPS) is 10.7. The van der Waals surface area contributed by atoms with Crippen molar-refractivity contribution in [3.63, 3.8) is 0 Å². The zero-order chi connectivity index (χ0) is 22.8. The van der Waals surface area contributed by atoms with E-state index in [1.807, 2.05) is 24.3 Å². The van der Waals surface area contributed by atoms with Crippen LogP contribution in [0.2, 0.25) is 0 Å². The number of aryl methyl sites for hydroxylation is 2. The van der Waals surface area contributed by atoms with Crippen LogP contribution in [0.15, 0.2) is 66.0 Å². The number of pyridine rings is 1. The summed E-state index contributed by atoms with van der Waals surface area (Å²) in [4.78, 5) is 15.9. The fourth-order valence-corrected chi connectivity index (χ4v) is 2.85. The Morgan fingerprint density at radius 2 is 1.75 bits per heavy atom. The minimum absolute atomic E-state index is 0.307. The van der Waals surface area contributed by atoms with Crippen molar-refractivity contribution in [3.05, 3.63) is 83.2 Å². The Labute approximate surface area is 188 Å². The maximum Gasteiger partial charge on any atom is 0.271 e. The Kier molecular flexibility index (Phi) is 8.20. The molecule has 0 atom stereocenters. The van der Waals surface area contributed by atoms with E-state index >= 15 is 0 Å². The quantitative estimate of drug-likeness (QED) is 0.293. The fraction of sp³-hybridized carbons (Fsp3) is 0.240. The maximum absolute atomic E-state index is 12.0. The molecule has 1 N–H and O–H groups in total. The highest BCUT2D eigenvalue weighted by Crippen LogP contribution is 2.27. The van der Waals surface area contributed by atoms with Gasteiger partial charge in [0.2, 0.25) is 0 Å². The van der Waals surface area contributed by atoms with Crippen LogP contribution in [-0.2, 0) is 0 Å². The summed E-state index contributed by atoms with van der Waals surface area (Å²) in [5.41, 5.74) is 6.20. The number of carbonyl (C=O) groups excluding carboxylic acids is 1. The molecule has 1 heterocycles. The van der Waals surface area contributed by atoms with Crippen LogP contribution < -0.4 is 19.6 Å². The molecule has 3 aromatic rings. The van der Waals surface area contributed by atoms with Crippen molar-refractivity contribution < 1.29 is 19.0 Å². The van der Waals surface area contributed by atoms with Gasteiger partial charge in [0.15, 0.2) is 11.5 Å². The summed E-state index contributed by atoms with van der Waals surface area (Å²) in [6.45, 7) is 5.21. The molecule has 0 saturated heterocycles. The molecule has 0 fully saturated rings. The lowest BCUT2D eigenvalue weighted by molar-refractivity contribution is 0.0955. The molecule has 2 aromatic carbocycles. The number of hydrazone groups is 1. The van der Waals surface area contributed by atoms with Gasteiger partial charge in [-0.05, 0) is 73.0 Å². The van der Waals surface area contributed by atoms with E-state index in [1.54, 1.807) is 43.9 Å². The number of rotatable bonds is 10. The number of carbonyl (C=O) groups is 1. The number of methoxy groups -OCH3 is 1. The molecule has 3 rings (SSSR count). The summed E-state index contributed by atoms with van der Waals surface area (Å²) in [7, 11) is 1.58. The molecule has 0 aliphatic carbocycles. The largest absolute Gasteiger partial charge is 0.493 e. The number of nitrogens with zero attached hydrogens (tertiary/aromatic N) is 2. The van der Waals surface area contributed by atoms with E-state index in [-0.39, 0.29) is 5.91 Å². The Morgan fingerprint density at radius 1 is 0.969 bits per heavy atom. The van der Waals surface area contributed by atoms with Gasteiger partial charge in [-0.15, -0.1) is 0 Å². The molecule has 0 spiro atoms. The smallest absolute Gasteiger partial charge is 0.271 e. The van der Waals surface area contributed by atoms with Crippen molar-refractivity contribution >= 4 is 12.1 Å². The fourth-order valence-electron chi connectivity index (χ4n) is 2.85. The first-order chi connectivity index (χ1) is 15.6. The SMILES string of the molecule is COc1cc(C=NNC(=O)c2ccncc2)ccc1OCCCOc1ccc(C)c(C)c1. The molecule has 0 aliphatic heterocycles. The van der Waals surface area contributed by atoms with Gasteiger partial charge in [0.25, 0.3) is 5.91 Å². The topological polar surface area (TPSA) is 82.0 Å². The zero-order valence-corrected chi connectivity index (χ0v) is 18.5. The number of hydrogen-bond acceptors (Lipinski definition) is 6. The summed E-state index contributed by atoms with van der Waals surface area (Å²) in [6, 6.07) is 14.8. The average Bonchev–Trinajstić information content (AvgIpc) is 2.82. The summed E-state index contributed by atoms with van der Waals surface area (Å²) in [6.07, 6.45) is 5.39. The lowest BCUT2D eigenvalue weighted by atomic mass is 10.1. The van der Waals surface area contributed by atoms with Gasteiger partial charge in [-0.25, -0.2) is 5.43 Å². The van der Waals surface area contributed by atoms with Gasteiger partial charge in [0.05, 0.1) is 26.5 Å². The van der Waals surface area contributed by atoms with E-state index in [0.717, 1.165) is 17.7 Å². The molecular formula is C25H27N3O4. The molecule has 1 aromatic heterocycles. The second kappa shape index (κ2) is 11.5. The lowest BCUT2D eigenvalue weighted by Crippen LogP contribution is -2.17.